The summed E-state index contributed by atoms with van der Waals surface area (Å²) in [6.07, 6.45) is -1.85. The molecule has 0 aliphatic heterocycles. The summed E-state index contributed by atoms with van der Waals surface area (Å²) in [7, 11) is 0. The van der Waals surface area contributed by atoms with Crippen molar-refractivity contribution in [3.63, 3.8) is 0 Å². The zero-order valence-electron chi connectivity index (χ0n) is 9.04. The van der Waals surface area contributed by atoms with E-state index < -0.39 is 18.0 Å². The highest BCUT2D eigenvalue weighted by Gasteiger charge is 2.20. The lowest BCUT2D eigenvalue weighted by Crippen LogP contribution is -2.11. The standard InChI is InChI=1S/C10H11ClF2N2O2/c1-2-17-6(16)3-5-4-15-9(11)7(8(5)14)10(12)13/h4,10H,2-3H2,1H3,(H2,14,15). The molecule has 2 N–H and O–H groups in total. The molecule has 0 spiro atoms. The molecule has 17 heavy (non-hydrogen) atoms. The van der Waals surface area contributed by atoms with Gasteiger partial charge in [-0.25, -0.2) is 13.8 Å². The smallest absolute Gasteiger partial charge is 0.310 e. The van der Waals surface area contributed by atoms with Crippen molar-refractivity contribution in [2.45, 2.75) is 19.8 Å². The van der Waals surface area contributed by atoms with Crippen molar-refractivity contribution in [2.75, 3.05) is 12.3 Å². The average Bonchev–Trinajstić information content (AvgIpc) is 2.22. The summed E-state index contributed by atoms with van der Waals surface area (Å²) in [5.41, 5.74) is 4.94. The van der Waals surface area contributed by atoms with E-state index in [1.807, 2.05) is 0 Å². The second kappa shape index (κ2) is 5.77. The van der Waals surface area contributed by atoms with Gasteiger partial charge in [-0.1, -0.05) is 11.6 Å². The maximum absolute atomic E-state index is 12.6. The van der Waals surface area contributed by atoms with Crippen LogP contribution in [-0.2, 0) is 16.0 Å². The molecule has 0 saturated heterocycles. The maximum Gasteiger partial charge on any atom is 0.310 e. The Hall–Kier alpha value is -1.43. The maximum atomic E-state index is 12.6. The van der Waals surface area contributed by atoms with Crippen LogP contribution in [0.2, 0.25) is 5.15 Å². The molecule has 0 aliphatic rings. The van der Waals surface area contributed by atoms with Gasteiger partial charge in [-0.2, -0.15) is 0 Å². The van der Waals surface area contributed by atoms with Crippen LogP contribution in [0.15, 0.2) is 6.20 Å². The topological polar surface area (TPSA) is 65.2 Å². The molecule has 0 unspecified atom stereocenters. The summed E-state index contributed by atoms with van der Waals surface area (Å²) in [6, 6.07) is 0. The highest BCUT2D eigenvalue weighted by atomic mass is 35.5. The molecule has 1 rings (SSSR count). The minimum atomic E-state index is -2.84. The number of pyridine rings is 1. The molecule has 0 fully saturated rings. The third-order valence-electron chi connectivity index (χ3n) is 2.05. The number of nitrogens with two attached hydrogens (primary N) is 1. The summed E-state index contributed by atoms with van der Waals surface area (Å²) < 4.78 is 30.0. The second-order valence-electron chi connectivity index (χ2n) is 3.18. The van der Waals surface area contributed by atoms with Gasteiger partial charge in [0, 0.05) is 17.4 Å². The highest BCUT2D eigenvalue weighted by Crippen LogP contribution is 2.32. The number of ether oxygens (including phenoxy) is 1. The van der Waals surface area contributed by atoms with Gasteiger partial charge in [-0.05, 0) is 6.92 Å². The number of rotatable bonds is 4. The predicted molar refractivity (Wildman–Crippen MR) is 59.0 cm³/mol. The number of hydrogen-bond donors (Lipinski definition) is 1. The van der Waals surface area contributed by atoms with Gasteiger partial charge in [0.2, 0.25) is 0 Å². The normalized spacial score (nSPS) is 10.6. The van der Waals surface area contributed by atoms with Crippen molar-refractivity contribution in [3.05, 3.63) is 22.5 Å². The first-order valence-electron chi connectivity index (χ1n) is 4.83. The van der Waals surface area contributed by atoms with E-state index in [0.29, 0.717) is 0 Å². The minimum absolute atomic E-state index is 0.183. The number of nitrogen functional groups attached to an aromatic ring is 1. The van der Waals surface area contributed by atoms with Crippen molar-refractivity contribution in [1.82, 2.24) is 4.98 Å². The van der Waals surface area contributed by atoms with Crippen LogP contribution in [0.4, 0.5) is 14.5 Å². The lowest BCUT2D eigenvalue weighted by atomic mass is 10.1. The van der Waals surface area contributed by atoms with Crippen LogP contribution in [0.5, 0.6) is 0 Å². The van der Waals surface area contributed by atoms with Crippen molar-refractivity contribution >= 4 is 23.3 Å². The van der Waals surface area contributed by atoms with Gasteiger partial charge < -0.3 is 10.5 Å². The number of hydrogen-bond acceptors (Lipinski definition) is 4. The number of anilines is 1. The number of carbonyl (C=O) groups excluding carboxylic acids is 1. The van der Waals surface area contributed by atoms with Crippen LogP contribution in [0.3, 0.4) is 0 Å². The van der Waals surface area contributed by atoms with Crippen LogP contribution in [0.25, 0.3) is 0 Å². The first-order chi connectivity index (χ1) is 7.97. The van der Waals surface area contributed by atoms with Gasteiger partial charge >= 0.3 is 5.97 Å². The fourth-order valence-corrected chi connectivity index (χ4v) is 1.51. The Bertz CT molecular complexity index is 427. The Labute approximate surface area is 102 Å². The molecule has 1 aromatic heterocycles. The van der Waals surface area contributed by atoms with Crippen LogP contribution in [0, 0.1) is 0 Å². The number of esters is 1. The largest absolute Gasteiger partial charge is 0.466 e. The minimum Gasteiger partial charge on any atom is -0.466 e. The molecule has 0 atom stereocenters. The second-order valence-corrected chi connectivity index (χ2v) is 3.54. The summed E-state index contributed by atoms with van der Waals surface area (Å²) in [5.74, 6) is -0.552. The lowest BCUT2D eigenvalue weighted by Gasteiger charge is -2.10. The van der Waals surface area contributed by atoms with Crippen LogP contribution in [0.1, 0.15) is 24.5 Å². The van der Waals surface area contributed by atoms with E-state index in [1.54, 1.807) is 6.92 Å². The molecular weight excluding hydrogens is 254 g/mol. The van der Waals surface area contributed by atoms with Crippen LogP contribution in [-0.4, -0.2) is 17.6 Å². The van der Waals surface area contributed by atoms with Crippen LogP contribution >= 0.6 is 11.6 Å². The Morgan fingerprint density at radius 3 is 2.82 bits per heavy atom. The fraction of sp³-hybridized carbons (Fsp3) is 0.400. The molecule has 1 aromatic rings. The molecule has 0 saturated carbocycles. The summed E-state index contributed by atoms with van der Waals surface area (Å²) in [5, 5.41) is -0.356. The first kappa shape index (κ1) is 13.6. The Balaban J connectivity index is 3.02. The van der Waals surface area contributed by atoms with E-state index in [1.165, 1.54) is 6.20 Å². The van der Waals surface area contributed by atoms with Crippen molar-refractivity contribution in [3.8, 4) is 0 Å². The summed E-state index contributed by atoms with van der Waals surface area (Å²) in [4.78, 5) is 14.8. The van der Waals surface area contributed by atoms with E-state index in [4.69, 9.17) is 17.3 Å². The number of carbonyl (C=O) groups is 1. The van der Waals surface area contributed by atoms with Gasteiger partial charge in [-0.3, -0.25) is 4.79 Å². The molecule has 0 bridgehead atoms. The monoisotopic (exact) mass is 264 g/mol. The predicted octanol–water partition coefficient (Wildman–Crippen LogP) is 2.36. The van der Waals surface area contributed by atoms with E-state index in [-0.39, 0.29) is 29.4 Å². The summed E-state index contributed by atoms with van der Waals surface area (Å²) >= 11 is 5.51. The quantitative estimate of drug-likeness (QED) is 0.670. The zero-order valence-corrected chi connectivity index (χ0v) is 9.80. The zero-order chi connectivity index (χ0) is 13.0. The van der Waals surface area contributed by atoms with Gasteiger partial charge in [-0.15, -0.1) is 0 Å². The average molecular weight is 265 g/mol. The van der Waals surface area contributed by atoms with Gasteiger partial charge in [0.1, 0.15) is 5.15 Å². The van der Waals surface area contributed by atoms with E-state index in [2.05, 4.69) is 9.72 Å². The van der Waals surface area contributed by atoms with Crippen molar-refractivity contribution < 1.29 is 18.3 Å². The van der Waals surface area contributed by atoms with Gasteiger partial charge in [0.05, 0.1) is 18.6 Å². The molecule has 94 valence electrons. The van der Waals surface area contributed by atoms with Crippen molar-refractivity contribution in [2.24, 2.45) is 0 Å². The summed E-state index contributed by atoms with van der Waals surface area (Å²) in [6.45, 7) is 1.85. The Morgan fingerprint density at radius 1 is 1.65 bits per heavy atom. The molecule has 0 aliphatic carbocycles. The molecular formula is C10H11ClF2N2O2. The first-order valence-corrected chi connectivity index (χ1v) is 5.21. The lowest BCUT2D eigenvalue weighted by molar-refractivity contribution is -0.142. The van der Waals surface area contributed by atoms with Gasteiger partial charge in [0.15, 0.2) is 0 Å². The Kier molecular flexibility index (Phi) is 4.62. The molecule has 7 heteroatoms. The number of halogens is 3. The van der Waals surface area contributed by atoms with E-state index in [0.717, 1.165) is 0 Å². The van der Waals surface area contributed by atoms with Crippen molar-refractivity contribution in [1.29, 1.82) is 0 Å². The molecule has 0 radical (unpaired) electrons. The molecule has 4 nitrogen and oxygen atoms in total. The third-order valence-corrected chi connectivity index (χ3v) is 2.35. The van der Waals surface area contributed by atoms with Gasteiger partial charge in [0.25, 0.3) is 6.43 Å². The number of alkyl halides is 2. The molecule has 0 amide bonds. The fourth-order valence-electron chi connectivity index (χ4n) is 1.27. The third kappa shape index (κ3) is 3.26. The Morgan fingerprint density at radius 2 is 2.29 bits per heavy atom. The van der Waals surface area contributed by atoms with Crippen LogP contribution < -0.4 is 5.73 Å². The van der Waals surface area contributed by atoms with E-state index >= 15 is 0 Å². The SMILES string of the molecule is CCOC(=O)Cc1cnc(Cl)c(C(F)F)c1N. The van der Waals surface area contributed by atoms with E-state index in [9.17, 15) is 13.6 Å². The highest BCUT2D eigenvalue weighted by molar-refractivity contribution is 6.30. The number of aromatic nitrogens is 1. The molecule has 1 heterocycles. The molecule has 0 aromatic carbocycles. The number of nitrogens with zero attached hydrogens (tertiary/aromatic N) is 1.